The number of nitrogens with zero attached hydrogens (tertiary/aromatic N) is 3. The summed E-state index contributed by atoms with van der Waals surface area (Å²) < 4.78 is 31.7. The van der Waals surface area contributed by atoms with Crippen LogP contribution in [0.5, 0.6) is 0 Å². The zero-order valence-electron chi connectivity index (χ0n) is 10.8. The lowest BCUT2D eigenvalue weighted by atomic mass is 10.3. The topological polar surface area (TPSA) is 113 Å². The van der Waals surface area contributed by atoms with Crippen molar-refractivity contribution in [1.29, 1.82) is 0 Å². The molecule has 2 N–H and O–H groups in total. The molecule has 22 heavy (non-hydrogen) atoms. The summed E-state index contributed by atoms with van der Waals surface area (Å²) in [4.78, 5) is 32.1. The molecule has 2 aromatic heterocycles. The number of carboxylic acids is 2. The van der Waals surface area contributed by atoms with E-state index in [1.165, 1.54) is 6.20 Å². The quantitative estimate of drug-likeness (QED) is 0.865. The van der Waals surface area contributed by atoms with Crippen LogP contribution in [0.3, 0.4) is 0 Å². The zero-order chi connectivity index (χ0) is 16.9. The van der Waals surface area contributed by atoms with Crippen LogP contribution < -0.4 is 0 Å². The average Bonchev–Trinajstić information content (AvgIpc) is 2.89. The molecular weight excluding hydrogens is 327 g/mol. The Morgan fingerprint density at radius 2 is 1.59 bits per heavy atom. The van der Waals surface area contributed by atoms with Gasteiger partial charge in [-0.1, -0.05) is 0 Å². The number of alkyl halides is 3. The van der Waals surface area contributed by atoms with Gasteiger partial charge in [-0.05, 0) is 6.92 Å². The van der Waals surface area contributed by atoms with Crippen LogP contribution in [0.15, 0.2) is 18.6 Å². The van der Waals surface area contributed by atoms with Crippen molar-refractivity contribution in [3.63, 3.8) is 0 Å². The molecule has 0 aliphatic rings. The van der Waals surface area contributed by atoms with Crippen LogP contribution in [-0.4, -0.2) is 43.3 Å². The summed E-state index contributed by atoms with van der Waals surface area (Å²) >= 11 is 1.11. The van der Waals surface area contributed by atoms with Crippen LogP contribution in [0.2, 0.25) is 0 Å². The molecule has 0 unspecified atom stereocenters. The number of rotatable bonds is 2. The van der Waals surface area contributed by atoms with E-state index in [1.807, 2.05) is 0 Å². The lowest BCUT2D eigenvalue weighted by Crippen LogP contribution is -2.21. The van der Waals surface area contributed by atoms with Crippen molar-refractivity contribution in [2.75, 3.05) is 0 Å². The minimum Gasteiger partial charge on any atom is -0.476 e. The van der Waals surface area contributed by atoms with Gasteiger partial charge in [0.15, 0.2) is 0 Å². The Kier molecular flexibility index (Phi) is 5.51. The molecule has 0 spiro atoms. The van der Waals surface area contributed by atoms with Crippen LogP contribution in [0.4, 0.5) is 13.2 Å². The van der Waals surface area contributed by atoms with Crippen molar-refractivity contribution in [2.24, 2.45) is 0 Å². The molecule has 2 rings (SSSR count). The molecule has 7 nitrogen and oxygen atoms in total. The molecule has 0 fully saturated rings. The first-order valence-electron chi connectivity index (χ1n) is 5.39. The number of aromatic carboxylic acids is 1. The monoisotopic (exact) mass is 335 g/mol. The summed E-state index contributed by atoms with van der Waals surface area (Å²) in [7, 11) is 0. The molecule has 0 saturated heterocycles. The second-order valence-corrected chi connectivity index (χ2v) is 4.69. The van der Waals surface area contributed by atoms with E-state index in [0.29, 0.717) is 5.82 Å². The van der Waals surface area contributed by atoms with Gasteiger partial charge in [-0.15, -0.1) is 11.3 Å². The smallest absolute Gasteiger partial charge is 0.476 e. The van der Waals surface area contributed by atoms with Gasteiger partial charge in [0.2, 0.25) is 5.01 Å². The van der Waals surface area contributed by atoms with Gasteiger partial charge in [0, 0.05) is 24.2 Å². The van der Waals surface area contributed by atoms with Gasteiger partial charge >= 0.3 is 18.1 Å². The van der Waals surface area contributed by atoms with E-state index in [9.17, 15) is 18.0 Å². The van der Waals surface area contributed by atoms with E-state index in [2.05, 4.69) is 15.0 Å². The number of aliphatic carboxylic acids is 1. The fourth-order valence-electron chi connectivity index (χ4n) is 1.03. The molecule has 2 heterocycles. The van der Waals surface area contributed by atoms with E-state index < -0.39 is 18.1 Å². The zero-order valence-corrected chi connectivity index (χ0v) is 11.6. The lowest BCUT2D eigenvalue weighted by molar-refractivity contribution is -0.192. The van der Waals surface area contributed by atoms with Gasteiger partial charge in [-0.3, -0.25) is 0 Å². The van der Waals surface area contributed by atoms with Gasteiger partial charge in [-0.25, -0.2) is 24.5 Å². The molecule has 0 saturated carbocycles. The van der Waals surface area contributed by atoms with Crippen molar-refractivity contribution in [1.82, 2.24) is 15.0 Å². The van der Waals surface area contributed by atoms with E-state index in [1.54, 1.807) is 19.3 Å². The highest BCUT2D eigenvalue weighted by atomic mass is 32.1. The molecule has 0 aliphatic heterocycles. The Hall–Kier alpha value is -2.56. The first-order chi connectivity index (χ1) is 10.1. The summed E-state index contributed by atoms with van der Waals surface area (Å²) in [5, 5.41) is 15.9. The molecule has 2 aromatic rings. The molecular formula is C11H8F3N3O4S. The highest BCUT2D eigenvalue weighted by Crippen LogP contribution is 2.24. The maximum Gasteiger partial charge on any atom is 0.490 e. The highest BCUT2D eigenvalue weighted by molar-refractivity contribution is 7.16. The number of aromatic nitrogens is 3. The predicted molar refractivity (Wildman–Crippen MR) is 68.5 cm³/mol. The predicted octanol–water partition coefficient (Wildman–Crippen LogP) is 2.24. The Balaban J connectivity index is 0.000000295. The minimum absolute atomic E-state index is 0.0746. The van der Waals surface area contributed by atoms with Gasteiger partial charge < -0.3 is 10.2 Å². The normalized spacial score (nSPS) is 10.5. The number of hydrogen-bond acceptors (Lipinski definition) is 6. The summed E-state index contributed by atoms with van der Waals surface area (Å²) in [5.41, 5.74) is 0.783. The van der Waals surface area contributed by atoms with Crippen molar-refractivity contribution in [3.05, 3.63) is 29.4 Å². The number of aryl methyl sites for hydroxylation is 1. The van der Waals surface area contributed by atoms with E-state index >= 15 is 0 Å². The van der Waals surface area contributed by atoms with Crippen molar-refractivity contribution in [3.8, 4) is 10.4 Å². The highest BCUT2D eigenvalue weighted by Gasteiger charge is 2.38. The maximum absolute atomic E-state index is 10.6. The summed E-state index contributed by atoms with van der Waals surface area (Å²) in [6, 6.07) is 0. The average molecular weight is 335 g/mol. The van der Waals surface area contributed by atoms with Gasteiger partial charge in [-0.2, -0.15) is 13.2 Å². The van der Waals surface area contributed by atoms with Gasteiger partial charge in [0.05, 0.1) is 4.88 Å². The van der Waals surface area contributed by atoms with Crippen molar-refractivity contribution in [2.45, 2.75) is 13.1 Å². The number of halogens is 3. The SMILES string of the molecule is Cc1ncc(-c2cnc(C(=O)O)s2)cn1.O=C(O)C(F)(F)F. The number of carbonyl (C=O) groups is 2. The lowest BCUT2D eigenvalue weighted by Gasteiger charge is -1.94. The molecule has 0 amide bonds. The Labute approximate surface area is 125 Å². The third-order valence-corrected chi connectivity index (χ3v) is 3.03. The Morgan fingerprint density at radius 3 is 1.95 bits per heavy atom. The third-order valence-electron chi connectivity index (χ3n) is 2.00. The molecule has 0 aliphatic carbocycles. The van der Waals surface area contributed by atoms with Crippen LogP contribution in [-0.2, 0) is 4.79 Å². The van der Waals surface area contributed by atoms with E-state index in [-0.39, 0.29) is 5.01 Å². The molecule has 118 valence electrons. The fourth-order valence-corrected chi connectivity index (χ4v) is 1.76. The first-order valence-corrected chi connectivity index (χ1v) is 6.21. The second-order valence-electron chi connectivity index (χ2n) is 3.66. The Morgan fingerprint density at radius 1 is 1.09 bits per heavy atom. The van der Waals surface area contributed by atoms with E-state index in [4.69, 9.17) is 15.0 Å². The van der Waals surface area contributed by atoms with E-state index in [0.717, 1.165) is 21.8 Å². The van der Waals surface area contributed by atoms with Crippen molar-refractivity contribution >= 4 is 23.3 Å². The first kappa shape index (κ1) is 17.5. The standard InChI is InChI=1S/C9H7N3O2S.C2HF3O2/c1-5-10-2-6(3-11-5)7-4-12-8(15-7)9(13)14;3-2(4,5)1(6)7/h2-4H,1H3,(H,13,14);(H,6,7). The number of hydrogen-bond donors (Lipinski definition) is 2. The van der Waals surface area contributed by atoms with Gasteiger partial charge in [0.25, 0.3) is 0 Å². The molecule has 0 bridgehead atoms. The molecule has 0 aromatic carbocycles. The number of carboxylic acid groups (broad SMARTS) is 2. The largest absolute Gasteiger partial charge is 0.490 e. The number of thiazole rings is 1. The summed E-state index contributed by atoms with van der Waals surface area (Å²) in [6.07, 6.45) is -0.259. The third kappa shape index (κ3) is 5.09. The van der Waals surface area contributed by atoms with Crippen LogP contribution in [0.1, 0.15) is 15.6 Å². The van der Waals surface area contributed by atoms with Gasteiger partial charge in [0.1, 0.15) is 5.82 Å². The molecule has 11 heteroatoms. The second kappa shape index (κ2) is 6.93. The van der Waals surface area contributed by atoms with Crippen LogP contribution in [0, 0.1) is 6.92 Å². The van der Waals surface area contributed by atoms with Crippen LogP contribution >= 0.6 is 11.3 Å². The summed E-state index contributed by atoms with van der Waals surface area (Å²) in [5.74, 6) is -3.09. The summed E-state index contributed by atoms with van der Waals surface area (Å²) in [6.45, 7) is 1.79. The Bertz CT molecular complexity index is 670. The fraction of sp³-hybridized carbons (Fsp3) is 0.182. The minimum atomic E-state index is -5.08. The van der Waals surface area contributed by atoms with Crippen LogP contribution in [0.25, 0.3) is 10.4 Å². The van der Waals surface area contributed by atoms with Crippen molar-refractivity contribution < 1.29 is 33.0 Å². The molecule has 0 radical (unpaired) electrons. The molecule has 0 atom stereocenters. The maximum atomic E-state index is 10.6.